The SMILES string of the molecule is CCC(C)(C)[C@H]1CCc2c(sc(NC(=O)c3cc(Cl)ccc3Cl)c2C(=O)OC)C1. The van der Waals surface area contributed by atoms with Gasteiger partial charge in [0.15, 0.2) is 0 Å². The molecule has 1 heterocycles. The van der Waals surface area contributed by atoms with Crippen LogP contribution in [0.1, 0.15) is 64.8 Å². The molecule has 2 aromatic rings. The fraction of sp³-hybridized carbons (Fsp3) is 0.455. The van der Waals surface area contributed by atoms with Crippen molar-refractivity contribution in [3.8, 4) is 0 Å². The Bertz CT molecular complexity index is 952. The Labute approximate surface area is 185 Å². The molecular weight excluding hydrogens is 429 g/mol. The normalized spacial score (nSPS) is 16.3. The van der Waals surface area contributed by atoms with Crippen molar-refractivity contribution in [3.05, 3.63) is 49.8 Å². The zero-order chi connectivity index (χ0) is 21.3. The van der Waals surface area contributed by atoms with E-state index in [0.717, 1.165) is 36.1 Å². The van der Waals surface area contributed by atoms with Crippen LogP contribution in [0.2, 0.25) is 10.0 Å². The van der Waals surface area contributed by atoms with Gasteiger partial charge in [-0.25, -0.2) is 4.79 Å². The molecule has 4 nitrogen and oxygen atoms in total. The van der Waals surface area contributed by atoms with Crippen LogP contribution in [0.15, 0.2) is 18.2 Å². The van der Waals surface area contributed by atoms with E-state index < -0.39 is 11.9 Å². The molecule has 1 N–H and O–H groups in total. The van der Waals surface area contributed by atoms with E-state index in [-0.39, 0.29) is 11.0 Å². The van der Waals surface area contributed by atoms with Gasteiger partial charge in [-0.1, -0.05) is 50.4 Å². The molecule has 0 unspecified atom stereocenters. The van der Waals surface area contributed by atoms with Gasteiger partial charge in [0.05, 0.1) is 23.3 Å². The van der Waals surface area contributed by atoms with Crippen LogP contribution >= 0.6 is 34.5 Å². The molecule has 1 amide bonds. The number of hydrogen-bond acceptors (Lipinski definition) is 4. The van der Waals surface area contributed by atoms with Gasteiger partial charge in [0.2, 0.25) is 0 Å². The molecule has 1 atom stereocenters. The van der Waals surface area contributed by atoms with Crippen molar-refractivity contribution in [1.82, 2.24) is 0 Å². The summed E-state index contributed by atoms with van der Waals surface area (Å²) in [5, 5.41) is 4.11. The summed E-state index contributed by atoms with van der Waals surface area (Å²) in [5.74, 6) is -0.287. The quantitative estimate of drug-likeness (QED) is 0.516. The zero-order valence-corrected chi connectivity index (χ0v) is 19.4. The van der Waals surface area contributed by atoms with Crippen molar-refractivity contribution in [1.29, 1.82) is 0 Å². The fourth-order valence-corrected chi connectivity index (χ4v) is 5.48. The highest BCUT2D eigenvalue weighted by atomic mass is 35.5. The Morgan fingerprint density at radius 3 is 2.69 bits per heavy atom. The summed E-state index contributed by atoms with van der Waals surface area (Å²) in [6.07, 6.45) is 3.82. The van der Waals surface area contributed by atoms with E-state index in [1.54, 1.807) is 12.1 Å². The topological polar surface area (TPSA) is 55.4 Å². The molecular formula is C22H25Cl2NO3S. The molecule has 0 radical (unpaired) electrons. The molecule has 3 rings (SSSR count). The third-order valence-corrected chi connectivity index (χ3v) is 7.81. The lowest BCUT2D eigenvalue weighted by Crippen LogP contribution is -2.28. The van der Waals surface area contributed by atoms with Crippen molar-refractivity contribution in [2.24, 2.45) is 11.3 Å². The van der Waals surface area contributed by atoms with E-state index >= 15 is 0 Å². The molecule has 0 spiro atoms. The molecule has 1 aromatic heterocycles. The van der Waals surface area contributed by atoms with E-state index in [2.05, 4.69) is 26.1 Å². The van der Waals surface area contributed by atoms with Crippen LogP contribution in [-0.4, -0.2) is 19.0 Å². The molecule has 1 aliphatic rings. The fourth-order valence-electron chi connectivity index (χ4n) is 3.79. The molecule has 1 aromatic carbocycles. The van der Waals surface area contributed by atoms with Gasteiger partial charge < -0.3 is 10.1 Å². The lowest BCUT2D eigenvalue weighted by molar-refractivity contribution is 0.0600. The lowest BCUT2D eigenvalue weighted by atomic mass is 9.69. The number of ether oxygens (including phenoxy) is 1. The highest BCUT2D eigenvalue weighted by Crippen LogP contribution is 2.45. The van der Waals surface area contributed by atoms with Crippen molar-refractivity contribution in [2.75, 3.05) is 12.4 Å². The zero-order valence-electron chi connectivity index (χ0n) is 17.0. The molecule has 0 bridgehead atoms. The molecule has 29 heavy (non-hydrogen) atoms. The number of hydrogen-bond donors (Lipinski definition) is 1. The van der Waals surface area contributed by atoms with Crippen LogP contribution in [0, 0.1) is 11.3 Å². The first-order chi connectivity index (χ1) is 13.7. The summed E-state index contributed by atoms with van der Waals surface area (Å²) < 4.78 is 5.02. The van der Waals surface area contributed by atoms with E-state index in [1.165, 1.54) is 24.5 Å². The van der Waals surface area contributed by atoms with Gasteiger partial charge in [-0.2, -0.15) is 0 Å². The van der Waals surface area contributed by atoms with Gasteiger partial charge >= 0.3 is 5.97 Å². The van der Waals surface area contributed by atoms with Crippen LogP contribution in [0.3, 0.4) is 0 Å². The average molecular weight is 454 g/mol. The number of rotatable bonds is 5. The number of amides is 1. The number of fused-ring (bicyclic) bond motifs is 1. The summed E-state index contributed by atoms with van der Waals surface area (Å²) in [6, 6.07) is 4.72. The number of carbonyl (C=O) groups is 2. The number of anilines is 1. The van der Waals surface area contributed by atoms with Gasteiger partial charge in [0, 0.05) is 9.90 Å². The Hall–Kier alpha value is -1.56. The Morgan fingerprint density at radius 1 is 1.31 bits per heavy atom. The standard InChI is InChI=1S/C22H25Cl2NO3S/c1-5-22(2,3)12-6-8-14-17(10-12)29-20(18(14)21(27)28-4)25-19(26)15-11-13(23)7-9-16(15)24/h7,9,11-12H,5-6,8,10H2,1-4H3,(H,25,26)/t12-/m0/s1. The first kappa shape index (κ1) is 22.1. The molecule has 7 heteroatoms. The van der Waals surface area contributed by atoms with E-state index in [9.17, 15) is 9.59 Å². The van der Waals surface area contributed by atoms with Crippen LogP contribution in [0.25, 0.3) is 0 Å². The average Bonchev–Trinajstić information content (AvgIpc) is 3.05. The first-order valence-corrected chi connectivity index (χ1v) is 11.2. The Balaban J connectivity index is 1.96. The highest BCUT2D eigenvalue weighted by molar-refractivity contribution is 7.17. The van der Waals surface area contributed by atoms with Crippen LogP contribution < -0.4 is 5.32 Å². The van der Waals surface area contributed by atoms with E-state index in [0.29, 0.717) is 26.5 Å². The summed E-state index contributed by atoms with van der Waals surface area (Å²) >= 11 is 13.6. The van der Waals surface area contributed by atoms with Gasteiger partial charge in [-0.3, -0.25) is 4.79 Å². The molecule has 156 valence electrons. The minimum absolute atomic E-state index is 0.227. The summed E-state index contributed by atoms with van der Waals surface area (Å²) in [6.45, 7) is 6.80. The Kier molecular flexibility index (Phi) is 6.61. The maximum absolute atomic E-state index is 12.8. The smallest absolute Gasteiger partial charge is 0.341 e. The van der Waals surface area contributed by atoms with Gasteiger partial charge in [-0.15, -0.1) is 11.3 Å². The van der Waals surface area contributed by atoms with Crippen LogP contribution in [0.5, 0.6) is 0 Å². The van der Waals surface area contributed by atoms with Crippen molar-refractivity contribution >= 4 is 51.4 Å². The van der Waals surface area contributed by atoms with Crippen molar-refractivity contribution in [2.45, 2.75) is 46.5 Å². The second-order valence-electron chi connectivity index (χ2n) is 8.06. The maximum atomic E-state index is 12.8. The number of thiophene rings is 1. The number of benzene rings is 1. The summed E-state index contributed by atoms with van der Waals surface area (Å²) in [5.41, 5.74) is 1.96. The van der Waals surface area contributed by atoms with Crippen molar-refractivity contribution in [3.63, 3.8) is 0 Å². The number of methoxy groups -OCH3 is 1. The predicted octanol–water partition coefficient (Wildman–Crippen LogP) is 6.63. The number of nitrogens with one attached hydrogen (secondary N) is 1. The minimum atomic E-state index is -0.428. The molecule has 0 fully saturated rings. The summed E-state index contributed by atoms with van der Waals surface area (Å²) in [4.78, 5) is 26.5. The maximum Gasteiger partial charge on any atom is 0.341 e. The predicted molar refractivity (Wildman–Crippen MR) is 120 cm³/mol. The van der Waals surface area contributed by atoms with Gasteiger partial charge in [0.1, 0.15) is 5.00 Å². The molecule has 1 aliphatic carbocycles. The van der Waals surface area contributed by atoms with E-state index in [1.807, 2.05) is 0 Å². The third kappa shape index (κ3) is 4.47. The molecule has 0 saturated heterocycles. The minimum Gasteiger partial charge on any atom is -0.465 e. The number of halogens is 2. The highest BCUT2D eigenvalue weighted by Gasteiger charge is 2.35. The van der Waals surface area contributed by atoms with Crippen molar-refractivity contribution < 1.29 is 14.3 Å². The van der Waals surface area contributed by atoms with Gasteiger partial charge in [-0.05, 0) is 54.4 Å². The summed E-state index contributed by atoms with van der Waals surface area (Å²) in [7, 11) is 1.36. The first-order valence-electron chi connectivity index (χ1n) is 9.67. The van der Waals surface area contributed by atoms with E-state index in [4.69, 9.17) is 27.9 Å². The van der Waals surface area contributed by atoms with Crippen LogP contribution in [0.4, 0.5) is 5.00 Å². The second-order valence-corrected chi connectivity index (χ2v) is 10.0. The number of carbonyl (C=O) groups excluding carboxylic acids is 2. The lowest BCUT2D eigenvalue weighted by Gasteiger charge is -2.36. The monoisotopic (exact) mass is 453 g/mol. The second kappa shape index (κ2) is 8.66. The number of esters is 1. The molecule has 0 aliphatic heterocycles. The Morgan fingerprint density at radius 2 is 2.03 bits per heavy atom. The third-order valence-electron chi connectivity index (χ3n) is 6.07. The van der Waals surface area contributed by atoms with Crippen LogP contribution in [-0.2, 0) is 17.6 Å². The largest absolute Gasteiger partial charge is 0.465 e. The van der Waals surface area contributed by atoms with Gasteiger partial charge in [0.25, 0.3) is 5.91 Å². The molecule has 0 saturated carbocycles.